The first kappa shape index (κ1) is 22.6. The first-order valence-corrected chi connectivity index (χ1v) is 11.3. The minimum Gasteiger partial charge on any atom is -0.496 e. The Morgan fingerprint density at radius 3 is 2.43 bits per heavy atom. The van der Waals surface area contributed by atoms with Gasteiger partial charge in [-0.25, -0.2) is 8.42 Å². The number of allylic oxidation sites excluding steroid dienone is 1. The molecule has 0 amide bonds. The van der Waals surface area contributed by atoms with E-state index < -0.39 is 27.1 Å². The summed E-state index contributed by atoms with van der Waals surface area (Å²) in [6.07, 6.45) is 0.982. The molecule has 0 bridgehead atoms. The summed E-state index contributed by atoms with van der Waals surface area (Å²) in [5.41, 5.74) is -1.84. The molecule has 1 heterocycles. The molecule has 0 N–H and O–H groups in total. The zero-order chi connectivity index (χ0) is 22.4. The van der Waals surface area contributed by atoms with E-state index in [0.717, 1.165) is 6.08 Å². The van der Waals surface area contributed by atoms with E-state index in [1.165, 1.54) is 20.3 Å². The molecule has 30 heavy (non-hydrogen) atoms. The SMILES string of the molecule is COc1cc(OC)c2c(c1Cl)O[C@]1(C2=O)C(S(=O)(=O)CCN(C)C)=CC(=O)C[C@H]1C. The van der Waals surface area contributed by atoms with Crippen LogP contribution in [0.1, 0.15) is 23.7 Å². The standard InChI is InChI=1S/C20H24ClNO7S/c1-11-8-12(23)9-15(30(25,26)7-6-22(2)3)20(11)19(24)16-13(27-4)10-14(28-5)17(21)18(16)29-20/h9-11H,6-8H2,1-5H3/t11-,20+/m1/s1. The van der Waals surface area contributed by atoms with Crippen molar-refractivity contribution in [3.63, 3.8) is 0 Å². The van der Waals surface area contributed by atoms with Crippen molar-refractivity contribution in [1.29, 1.82) is 0 Å². The summed E-state index contributed by atoms with van der Waals surface area (Å²) < 4.78 is 43.1. The van der Waals surface area contributed by atoms with Gasteiger partial charge in [0.15, 0.2) is 21.4 Å². The monoisotopic (exact) mass is 457 g/mol. The molecule has 0 radical (unpaired) electrons. The number of benzene rings is 1. The summed E-state index contributed by atoms with van der Waals surface area (Å²) in [6, 6.07) is 1.45. The Morgan fingerprint density at radius 1 is 1.23 bits per heavy atom. The summed E-state index contributed by atoms with van der Waals surface area (Å²) >= 11 is 6.39. The summed E-state index contributed by atoms with van der Waals surface area (Å²) in [6.45, 7) is 1.84. The summed E-state index contributed by atoms with van der Waals surface area (Å²) in [4.78, 5) is 27.3. The lowest BCUT2D eigenvalue weighted by Gasteiger charge is -2.37. The lowest BCUT2D eigenvalue weighted by Crippen LogP contribution is -2.53. The van der Waals surface area contributed by atoms with Crippen LogP contribution < -0.4 is 14.2 Å². The molecule has 164 valence electrons. The third-order valence-electron chi connectivity index (χ3n) is 5.42. The minimum atomic E-state index is -4.00. The number of carbonyl (C=O) groups excluding carboxylic acids is 2. The first-order chi connectivity index (χ1) is 14.0. The van der Waals surface area contributed by atoms with Gasteiger partial charge in [0.1, 0.15) is 22.1 Å². The van der Waals surface area contributed by atoms with Gasteiger partial charge in [0.25, 0.3) is 0 Å². The highest BCUT2D eigenvalue weighted by atomic mass is 35.5. The van der Waals surface area contributed by atoms with Crippen molar-refractivity contribution >= 4 is 33.0 Å². The smallest absolute Gasteiger partial charge is 0.219 e. The number of methoxy groups -OCH3 is 2. The number of Topliss-reactive ketones (excluding diaryl/α,β-unsaturated/α-hetero) is 1. The van der Waals surface area contributed by atoms with E-state index in [9.17, 15) is 18.0 Å². The molecular weight excluding hydrogens is 434 g/mol. The average Bonchev–Trinajstić information content (AvgIpc) is 2.98. The van der Waals surface area contributed by atoms with E-state index in [1.54, 1.807) is 25.9 Å². The van der Waals surface area contributed by atoms with Crippen LogP contribution in [-0.2, 0) is 14.6 Å². The van der Waals surface area contributed by atoms with E-state index in [4.69, 9.17) is 25.8 Å². The van der Waals surface area contributed by atoms with Gasteiger partial charge in [-0.05, 0) is 14.1 Å². The quantitative estimate of drug-likeness (QED) is 0.640. The fraction of sp³-hybridized carbons (Fsp3) is 0.500. The Bertz CT molecular complexity index is 1050. The van der Waals surface area contributed by atoms with Crippen LogP contribution in [0.4, 0.5) is 0 Å². The molecule has 0 unspecified atom stereocenters. The number of rotatable bonds is 6. The first-order valence-electron chi connectivity index (χ1n) is 9.30. The molecule has 1 aliphatic carbocycles. The molecule has 2 aliphatic rings. The normalized spacial score (nSPS) is 23.4. The number of nitrogens with zero attached hydrogens (tertiary/aromatic N) is 1. The second kappa shape index (κ2) is 7.86. The Morgan fingerprint density at radius 2 is 1.87 bits per heavy atom. The van der Waals surface area contributed by atoms with Crippen LogP contribution in [0.25, 0.3) is 0 Å². The van der Waals surface area contributed by atoms with E-state index in [1.807, 2.05) is 0 Å². The number of ketones is 2. The average molecular weight is 458 g/mol. The molecule has 1 aliphatic heterocycles. The van der Waals surface area contributed by atoms with Crippen molar-refractivity contribution in [2.75, 3.05) is 40.6 Å². The van der Waals surface area contributed by atoms with Gasteiger partial charge in [0.2, 0.25) is 11.4 Å². The lowest BCUT2D eigenvalue weighted by atomic mass is 9.77. The van der Waals surface area contributed by atoms with Gasteiger partial charge in [-0.15, -0.1) is 0 Å². The molecule has 0 saturated carbocycles. The zero-order valence-corrected chi connectivity index (χ0v) is 19.0. The summed E-state index contributed by atoms with van der Waals surface area (Å²) in [5, 5.41) is 0.0349. The number of carbonyl (C=O) groups is 2. The van der Waals surface area contributed by atoms with Gasteiger partial charge >= 0.3 is 0 Å². The Labute approximate surface area is 180 Å². The zero-order valence-electron chi connectivity index (χ0n) is 17.4. The molecule has 8 nitrogen and oxygen atoms in total. The molecule has 0 saturated heterocycles. The highest BCUT2D eigenvalue weighted by Gasteiger charge is 2.61. The number of ether oxygens (including phenoxy) is 3. The van der Waals surface area contributed by atoms with Crippen LogP contribution in [0.15, 0.2) is 17.0 Å². The number of hydrogen-bond donors (Lipinski definition) is 0. The maximum atomic E-state index is 13.7. The third kappa shape index (κ3) is 3.38. The second-order valence-corrected chi connectivity index (χ2v) is 10.1. The van der Waals surface area contributed by atoms with E-state index >= 15 is 0 Å². The maximum Gasteiger partial charge on any atom is 0.219 e. The van der Waals surface area contributed by atoms with Gasteiger partial charge in [-0.1, -0.05) is 18.5 Å². The number of halogens is 1. The van der Waals surface area contributed by atoms with Crippen molar-refractivity contribution in [2.45, 2.75) is 18.9 Å². The van der Waals surface area contributed by atoms with Crippen LogP contribution in [0, 0.1) is 5.92 Å². The minimum absolute atomic E-state index is 0.00669. The number of hydrogen-bond acceptors (Lipinski definition) is 8. The molecule has 1 aromatic carbocycles. The highest BCUT2D eigenvalue weighted by Crippen LogP contribution is 2.55. The van der Waals surface area contributed by atoms with Gasteiger partial charge in [-0.2, -0.15) is 0 Å². The number of sulfone groups is 1. The third-order valence-corrected chi connectivity index (χ3v) is 7.59. The van der Waals surface area contributed by atoms with E-state index in [2.05, 4.69) is 0 Å². The van der Waals surface area contributed by atoms with E-state index in [-0.39, 0.29) is 57.2 Å². The second-order valence-electron chi connectivity index (χ2n) is 7.67. The molecule has 0 fully saturated rings. The van der Waals surface area contributed by atoms with Crippen molar-refractivity contribution in [3.8, 4) is 17.2 Å². The van der Waals surface area contributed by atoms with Crippen molar-refractivity contribution in [1.82, 2.24) is 4.90 Å². The predicted octanol–water partition coefficient (Wildman–Crippen LogP) is 2.14. The number of fused-ring (bicyclic) bond motifs is 1. The van der Waals surface area contributed by atoms with Crippen LogP contribution >= 0.6 is 11.6 Å². The van der Waals surface area contributed by atoms with Gasteiger partial charge in [0, 0.05) is 31.0 Å². The molecular formula is C20H24ClNO7S. The Hall–Kier alpha value is -2.10. The van der Waals surface area contributed by atoms with Crippen LogP contribution in [-0.4, -0.2) is 71.1 Å². The van der Waals surface area contributed by atoms with Gasteiger partial charge < -0.3 is 19.1 Å². The van der Waals surface area contributed by atoms with Crippen LogP contribution in [0.2, 0.25) is 5.02 Å². The van der Waals surface area contributed by atoms with Gasteiger partial charge in [-0.3, -0.25) is 9.59 Å². The fourth-order valence-electron chi connectivity index (χ4n) is 3.82. The fourth-order valence-corrected chi connectivity index (χ4v) is 6.02. The van der Waals surface area contributed by atoms with Gasteiger partial charge in [0.05, 0.1) is 24.9 Å². The summed E-state index contributed by atoms with van der Waals surface area (Å²) in [7, 11) is 2.25. The predicted molar refractivity (Wildman–Crippen MR) is 111 cm³/mol. The lowest BCUT2D eigenvalue weighted by molar-refractivity contribution is -0.117. The van der Waals surface area contributed by atoms with Crippen LogP contribution in [0.3, 0.4) is 0 Å². The topological polar surface area (TPSA) is 99.2 Å². The van der Waals surface area contributed by atoms with Crippen LogP contribution in [0.5, 0.6) is 17.2 Å². The van der Waals surface area contributed by atoms with Crippen molar-refractivity contribution in [3.05, 3.63) is 27.6 Å². The van der Waals surface area contributed by atoms with Crippen molar-refractivity contribution < 1.29 is 32.2 Å². The molecule has 1 aromatic rings. The molecule has 10 heteroatoms. The van der Waals surface area contributed by atoms with Crippen molar-refractivity contribution in [2.24, 2.45) is 5.92 Å². The molecule has 3 rings (SSSR count). The maximum absolute atomic E-state index is 13.7. The molecule has 1 spiro atoms. The largest absolute Gasteiger partial charge is 0.496 e. The van der Waals surface area contributed by atoms with E-state index in [0.29, 0.717) is 0 Å². The Kier molecular flexibility index (Phi) is 5.92. The molecule has 2 atom stereocenters. The highest BCUT2D eigenvalue weighted by molar-refractivity contribution is 7.95. The molecule has 0 aromatic heterocycles. The summed E-state index contributed by atoms with van der Waals surface area (Å²) in [5.74, 6) is -1.61. The Balaban J connectivity index is 2.24.